The van der Waals surface area contributed by atoms with Crippen LogP contribution in [0.2, 0.25) is 0 Å². The van der Waals surface area contributed by atoms with Gasteiger partial charge in [0.05, 0.1) is 5.54 Å². The molecule has 18 heavy (non-hydrogen) atoms. The first-order valence-corrected chi connectivity index (χ1v) is 8.69. The molecule has 0 aromatic carbocycles. The lowest BCUT2D eigenvalue weighted by Gasteiger charge is -2.50. The Hall–Kier alpha value is -0.0600. The smallest absolute Gasteiger partial charge is 0.114 e. The molecule has 2 nitrogen and oxygen atoms in total. The molecule has 1 aliphatic rings. The Morgan fingerprint density at radius 2 is 2.11 bits per heavy atom. The minimum absolute atomic E-state index is 0.0308. The third-order valence-electron chi connectivity index (χ3n) is 3.86. The van der Waals surface area contributed by atoms with Crippen molar-refractivity contribution >= 4 is 23.1 Å². The van der Waals surface area contributed by atoms with Gasteiger partial charge in [-0.15, -0.1) is 11.3 Å². The molecule has 0 radical (unpaired) electrons. The first kappa shape index (κ1) is 14.4. The van der Waals surface area contributed by atoms with Crippen molar-refractivity contribution in [1.82, 2.24) is 10.3 Å². The first-order chi connectivity index (χ1) is 8.37. The molecule has 1 aromatic heterocycles. The molecule has 1 saturated heterocycles. The third-order valence-corrected chi connectivity index (χ3v) is 6.12. The summed E-state index contributed by atoms with van der Waals surface area (Å²) >= 11 is 3.87. The molecule has 0 spiro atoms. The van der Waals surface area contributed by atoms with E-state index in [2.05, 4.69) is 57.1 Å². The summed E-state index contributed by atoms with van der Waals surface area (Å²) in [7, 11) is 0. The number of aromatic nitrogens is 1. The van der Waals surface area contributed by atoms with Crippen molar-refractivity contribution in [2.45, 2.75) is 52.6 Å². The largest absolute Gasteiger partial charge is 0.302 e. The second-order valence-corrected chi connectivity index (χ2v) is 8.15. The second-order valence-electron chi connectivity index (χ2n) is 6.18. The molecule has 0 saturated carbocycles. The van der Waals surface area contributed by atoms with Gasteiger partial charge >= 0.3 is 0 Å². The zero-order valence-electron chi connectivity index (χ0n) is 12.0. The summed E-state index contributed by atoms with van der Waals surface area (Å²) in [4.78, 5) is 4.80. The van der Waals surface area contributed by atoms with Gasteiger partial charge in [-0.2, -0.15) is 11.8 Å². The van der Waals surface area contributed by atoms with Crippen molar-refractivity contribution in [3.8, 4) is 0 Å². The van der Waals surface area contributed by atoms with Crippen molar-refractivity contribution in [3.63, 3.8) is 0 Å². The molecule has 1 fully saturated rings. The predicted molar refractivity (Wildman–Crippen MR) is 82.5 cm³/mol. The summed E-state index contributed by atoms with van der Waals surface area (Å²) in [5.74, 6) is 2.39. The normalized spacial score (nSPS) is 27.7. The number of nitrogens with zero attached hydrogens (tertiary/aromatic N) is 1. The first-order valence-electron chi connectivity index (χ1n) is 6.65. The monoisotopic (exact) mass is 284 g/mol. The quantitative estimate of drug-likeness (QED) is 0.913. The zero-order chi connectivity index (χ0) is 13.4. The SMILES string of the molecule is Cc1csc(C2(NC(C)C)CSCCC2(C)C)n1. The lowest BCUT2D eigenvalue weighted by atomic mass is 9.70. The van der Waals surface area contributed by atoms with Gasteiger partial charge in [-0.25, -0.2) is 4.98 Å². The van der Waals surface area contributed by atoms with Crippen LogP contribution >= 0.6 is 23.1 Å². The number of rotatable bonds is 3. The minimum Gasteiger partial charge on any atom is -0.302 e. The van der Waals surface area contributed by atoms with Crippen LogP contribution in [0, 0.1) is 12.3 Å². The Morgan fingerprint density at radius 3 is 2.61 bits per heavy atom. The Bertz CT molecular complexity index is 412. The average molecular weight is 284 g/mol. The topological polar surface area (TPSA) is 24.9 Å². The van der Waals surface area contributed by atoms with Gasteiger partial charge in [0.15, 0.2) is 0 Å². The Labute approximate surface area is 119 Å². The molecule has 1 aromatic rings. The van der Waals surface area contributed by atoms with Gasteiger partial charge in [-0.1, -0.05) is 13.8 Å². The van der Waals surface area contributed by atoms with Crippen molar-refractivity contribution in [2.24, 2.45) is 5.41 Å². The Kier molecular flexibility index (Phi) is 4.10. The molecule has 1 aliphatic heterocycles. The fourth-order valence-electron chi connectivity index (χ4n) is 2.65. The molecule has 102 valence electrons. The van der Waals surface area contributed by atoms with Gasteiger partial charge in [0.1, 0.15) is 5.01 Å². The highest BCUT2D eigenvalue weighted by Crippen LogP contribution is 2.49. The van der Waals surface area contributed by atoms with Crippen LogP contribution in [0.4, 0.5) is 0 Å². The summed E-state index contributed by atoms with van der Waals surface area (Å²) in [6, 6.07) is 0.479. The van der Waals surface area contributed by atoms with E-state index in [4.69, 9.17) is 4.98 Å². The highest BCUT2D eigenvalue weighted by Gasteiger charge is 2.50. The van der Waals surface area contributed by atoms with E-state index >= 15 is 0 Å². The van der Waals surface area contributed by atoms with Crippen LogP contribution < -0.4 is 5.32 Å². The van der Waals surface area contributed by atoms with Gasteiger partial charge in [0.2, 0.25) is 0 Å². The van der Waals surface area contributed by atoms with Crippen LogP contribution in [0.25, 0.3) is 0 Å². The van der Waals surface area contributed by atoms with Crippen molar-refractivity contribution in [3.05, 3.63) is 16.1 Å². The standard InChI is InChI=1S/C14H24N2S2/c1-10(2)16-14(12-15-11(3)8-18-12)9-17-7-6-13(14,4)5/h8,10,16H,6-7,9H2,1-5H3. The van der Waals surface area contributed by atoms with Crippen LogP contribution in [0.3, 0.4) is 0 Å². The summed E-state index contributed by atoms with van der Waals surface area (Å²) in [5, 5.41) is 7.29. The summed E-state index contributed by atoms with van der Waals surface area (Å²) < 4.78 is 0. The molecule has 0 amide bonds. The van der Waals surface area contributed by atoms with Gasteiger partial charge in [0.25, 0.3) is 0 Å². The molecule has 2 heterocycles. The van der Waals surface area contributed by atoms with E-state index in [0.717, 1.165) is 11.4 Å². The maximum Gasteiger partial charge on any atom is 0.114 e. The molecular formula is C14H24N2S2. The molecule has 1 atom stereocenters. The summed E-state index contributed by atoms with van der Waals surface area (Å²) in [5.41, 5.74) is 1.43. The van der Waals surface area contributed by atoms with Crippen LogP contribution in [0.5, 0.6) is 0 Å². The van der Waals surface area contributed by atoms with E-state index in [-0.39, 0.29) is 11.0 Å². The van der Waals surface area contributed by atoms with Crippen molar-refractivity contribution in [1.29, 1.82) is 0 Å². The second kappa shape index (κ2) is 5.14. The van der Waals surface area contributed by atoms with E-state index in [1.165, 1.54) is 17.2 Å². The maximum absolute atomic E-state index is 4.80. The van der Waals surface area contributed by atoms with Crippen molar-refractivity contribution in [2.75, 3.05) is 11.5 Å². The molecule has 1 N–H and O–H groups in total. The van der Waals surface area contributed by atoms with Crippen LogP contribution in [0.1, 0.15) is 44.8 Å². The summed E-state index contributed by atoms with van der Waals surface area (Å²) in [6.45, 7) is 11.3. The molecule has 2 rings (SSSR count). The van der Waals surface area contributed by atoms with Crippen LogP contribution in [-0.2, 0) is 5.54 Å². The summed E-state index contributed by atoms with van der Waals surface area (Å²) in [6.07, 6.45) is 1.25. The van der Waals surface area contributed by atoms with Gasteiger partial charge in [-0.3, -0.25) is 0 Å². The van der Waals surface area contributed by atoms with E-state index in [9.17, 15) is 0 Å². The lowest BCUT2D eigenvalue weighted by molar-refractivity contribution is 0.118. The Morgan fingerprint density at radius 1 is 1.39 bits per heavy atom. The third kappa shape index (κ3) is 2.47. The molecule has 0 aliphatic carbocycles. The molecule has 4 heteroatoms. The average Bonchev–Trinajstić information content (AvgIpc) is 2.68. The lowest BCUT2D eigenvalue weighted by Crippen LogP contribution is -2.59. The fraction of sp³-hybridized carbons (Fsp3) is 0.786. The highest BCUT2D eigenvalue weighted by atomic mass is 32.2. The Balaban J connectivity index is 2.45. The molecule has 1 unspecified atom stereocenters. The number of thiazole rings is 1. The van der Waals surface area contributed by atoms with E-state index in [1.54, 1.807) is 0 Å². The predicted octanol–water partition coefficient (Wildman–Crippen LogP) is 3.81. The van der Waals surface area contributed by atoms with Gasteiger partial charge in [0, 0.05) is 22.9 Å². The number of nitrogens with one attached hydrogen (secondary N) is 1. The maximum atomic E-state index is 4.80. The van der Waals surface area contributed by atoms with Crippen molar-refractivity contribution < 1.29 is 0 Å². The van der Waals surface area contributed by atoms with E-state index < -0.39 is 0 Å². The molecule has 0 bridgehead atoms. The van der Waals surface area contributed by atoms with Crippen LogP contribution in [-0.4, -0.2) is 22.5 Å². The zero-order valence-corrected chi connectivity index (χ0v) is 13.7. The number of hydrogen-bond donors (Lipinski definition) is 1. The number of aryl methyl sites for hydroxylation is 1. The number of thioether (sulfide) groups is 1. The van der Waals surface area contributed by atoms with E-state index in [1.807, 2.05) is 11.3 Å². The number of hydrogen-bond acceptors (Lipinski definition) is 4. The highest BCUT2D eigenvalue weighted by molar-refractivity contribution is 7.99. The van der Waals surface area contributed by atoms with Gasteiger partial charge in [-0.05, 0) is 38.4 Å². The minimum atomic E-state index is 0.0308. The van der Waals surface area contributed by atoms with Gasteiger partial charge < -0.3 is 5.32 Å². The molecular weight excluding hydrogens is 260 g/mol. The van der Waals surface area contributed by atoms with E-state index in [0.29, 0.717) is 6.04 Å². The van der Waals surface area contributed by atoms with Crippen LogP contribution in [0.15, 0.2) is 5.38 Å². The fourth-order valence-corrected chi connectivity index (χ4v) is 5.60.